The van der Waals surface area contributed by atoms with Crippen LogP contribution in [-0.4, -0.2) is 9.75 Å². The first kappa shape index (κ1) is 15.5. The summed E-state index contributed by atoms with van der Waals surface area (Å²) >= 11 is 3.85. The number of nitrogens with zero attached hydrogens (tertiary/aromatic N) is 1. The Bertz CT molecular complexity index is 425. The lowest BCUT2D eigenvalue weighted by molar-refractivity contribution is -0.384. The Balaban J connectivity index is 1.91. The van der Waals surface area contributed by atoms with E-state index in [0.29, 0.717) is 4.83 Å². The van der Waals surface area contributed by atoms with Crippen LogP contribution in [0, 0.1) is 16.0 Å². The average molecular weight is 340 g/mol. The molecule has 0 heterocycles. The number of nitro groups is 1. The highest BCUT2D eigenvalue weighted by Gasteiger charge is 2.20. The highest BCUT2D eigenvalue weighted by Crippen LogP contribution is 2.30. The second-order valence-electron chi connectivity index (χ2n) is 5.75. The second-order valence-corrected chi connectivity index (χ2v) is 6.93. The number of alkyl halides is 1. The molecule has 1 unspecified atom stereocenters. The summed E-state index contributed by atoms with van der Waals surface area (Å²) in [5.74, 6) is 0.741. The third-order valence-corrected chi connectivity index (χ3v) is 5.31. The summed E-state index contributed by atoms with van der Waals surface area (Å²) < 4.78 is 0. The predicted octanol–water partition coefficient (Wildman–Crippen LogP) is 5.26. The zero-order valence-electron chi connectivity index (χ0n) is 11.8. The summed E-state index contributed by atoms with van der Waals surface area (Å²) in [5.41, 5.74) is 1.35. The van der Waals surface area contributed by atoms with Gasteiger partial charge in [-0.3, -0.25) is 10.1 Å². The number of nitro benzene ring substituents is 1. The van der Waals surface area contributed by atoms with Crippen molar-refractivity contribution in [1.82, 2.24) is 0 Å². The minimum absolute atomic E-state index is 0.172. The molecule has 1 aromatic carbocycles. The van der Waals surface area contributed by atoms with Crippen LogP contribution in [0.3, 0.4) is 0 Å². The first-order valence-corrected chi connectivity index (χ1v) is 8.46. The Hall–Kier alpha value is -0.900. The summed E-state index contributed by atoms with van der Waals surface area (Å²) in [5, 5.41) is 10.6. The van der Waals surface area contributed by atoms with Crippen molar-refractivity contribution in [1.29, 1.82) is 0 Å². The molecule has 0 saturated heterocycles. The minimum Gasteiger partial charge on any atom is -0.258 e. The zero-order chi connectivity index (χ0) is 14.4. The van der Waals surface area contributed by atoms with Gasteiger partial charge in [0.1, 0.15) is 0 Å². The number of halogens is 1. The van der Waals surface area contributed by atoms with Crippen LogP contribution in [0.15, 0.2) is 24.3 Å². The maximum absolute atomic E-state index is 10.6. The Morgan fingerprint density at radius 1 is 1.10 bits per heavy atom. The fourth-order valence-electron chi connectivity index (χ4n) is 2.99. The van der Waals surface area contributed by atoms with E-state index in [1.165, 1.54) is 50.5 Å². The van der Waals surface area contributed by atoms with Crippen LogP contribution < -0.4 is 0 Å². The molecule has 1 aliphatic rings. The van der Waals surface area contributed by atoms with Crippen LogP contribution in [0.1, 0.15) is 50.5 Å². The quantitative estimate of drug-likeness (QED) is 0.426. The molecule has 0 bridgehead atoms. The number of hydrogen-bond acceptors (Lipinski definition) is 2. The van der Waals surface area contributed by atoms with E-state index in [4.69, 9.17) is 0 Å². The maximum atomic E-state index is 10.6. The van der Waals surface area contributed by atoms with Gasteiger partial charge in [-0.2, -0.15) is 0 Å². The van der Waals surface area contributed by atoms with Gasteiger partial charge in [0.25, 0.3) is 5.69 Å². The van der Waals surface area contributed by atoms with Gasteiger partial charge in [0.2, 0.25) is 0 Å². The average Bonchev–Trinajstić information content (AvgIpc) is 2.38. The van der Waals surface area contributed by atoms with E-state index in [0.717, 1.165) is 12.3 Å². The van der Waals surface area contributed by atoms with Crippen LogP contribution in [0.2, 0.25) is 0 Å². The molecule has 1 atom stereocenters. The Morgan fingerprint density at radius 2 is 1.65 bits per heavy atom. The minimum atomic E-state index is -0.343. The van der Waals surface area contributed by atoms with E-state index in [1.807, 2.05) is 12.1 Å². The molecule has 4 heteroatoms. The molecule has 3 nitrogen and oxygen atoms in total. The summed E-state index contributed by atoms with van der Waals surface area (Å²) in [6, 6.07) is 6.98. The van der Waals surface area contributed by atoms with Gasteiger partial charge in [0.15, 0.2) is 0 Å². The molecule has 0 aromatic heterocycles. The van der Waals surface area contributed by atoms with E-state index < -0.39 is 0 Å². The van der Waals surface area contributed by atoms with Crippen LogP contribution in [-0.2, 0) is 6.42 Å². The summed E-state index contributed by atoms with van der Waals surface area (Å²) in [7, 11) is 0. The molecule has 20 heavy (non-hydrogen) atoms. The largest absolute Gasteiger partial charge is 0.269 e. The molecule has 0 aliphatic heterocycles. The number of hydrogen-bond donors (Lipinski definition) is 0. The van der Waals surface area contributed by atoms with E-state index in [9.17, 15) is 10.1 Å². The fraction of sp³-hybridized carbons (Fsp3) is 0.625. The van der Waals surface area contributed by atoms with Crippen LogP contribution in [0.4, 0.5) is 5.69 Å². The maximum Gasteiger partial charge on any atom is 0.269 e. The van der Waals surface area contributed by atoms with Crippen molar-refractivity contribution in [3.63, 3.8) is 0 Å². The SMILES string of the molecule is O=[N+]([O-])c1ccc(CC(Br)C2CCCCCCC2)cc1. The zero-order valence-corrected chi connectivity index (χ0v) is 13.3. The highest BCUT2D eigenvalue weighted by molar-refractivity contribution is 9.09. The van der Waals surface area contributed by atoms with Crippen LogP contribution in [0.5, 0.6) is 0 Å². The lowest BCUT2D eigenvalue weighted by Gasteiger charge is -2.24. The van der Waals surface area contributed by atoms with Gasteiger partial charge in [-0.05, 0) is 30.7 Å². The number of non-ortho nitro benzene ring substituents is 1. The van der Waals surface area contributed by atoms with Crippen LogP contribution >= 0.6 is 15.9 Å². The van der Waals surface area contributed by atoms with Crippen LogP contribution in [0.25, 0.3) is 0 Å². The van der Waals surface area contributed by atoms with Crippen molar-refractivity contribution in [3.8, 4) is 0 Å². The summed E-state index contributed by atoms with van der Waals surface area (Å²) in [6.07, 6.45) is 10.4. The normalized spacial score (nSPS) is 19.1. The third kappa shape index (κ3) is 4.58. The van der Waals surface area contributed by atoms with Gasteiger partial charge >= 0.3 is 0 Å². The lowest BCUT2D eigenvalue weighted by atomic mass is 9.87. The first-order valence-electron chi connectivity index (χ1n) is 7.54. The van der Waals surface area contributed by atoms with E-state index in [1.54, 1.807) is 12.1 Å². The lowest BCUT2D eigenvalue weighted by Crippen LogP contribution is -2.18. The van der Waals surface area contributed by atoms with Gasteiger partial charge in [0.05, 0.1) is 4.92 Å². The van der Waals surface area contributed by atoms with Crippen molar-refractivity contribution in [2.24, 2.45) is 5.92 Å². The van der Waals surface area contributed by atoms with Crippen molar-refractivity contribution in [2.75, 3.05) is 0 Å². The van der Waals surface area contributed by atoms with Gasteiger partial charge in [-0.1, -0.05) is 60.2 Å². The molecule has 0 radical (unpaired) electrons. The molecule has 0 spiro atoms. The van der Waals surface area contributed by atoms with Crippen molar-refractivity contribution >= 4 is 21.6 Å². The highest BCUT2D eigenvalue weighted by atomic mass is 79.9. The monoisotopic (exact) mass is 339 g/mol. The molecule has 0 N–H and O–H groups in total. The topological polar surface area (TPSA) is 43.1 Å². The van der Waals surface area contributed by atoms with E-state index in [-0.39, 0.29) is 10.6 Å². The van der Waals surface area contributed by atoms with Gasteiger partial charge in [-0.15, -0.1) is 0 Å². The Kier molecular flexibility index (Phi) is 6.02. The van der Waals surface area contributed by atoms with Gasteiger partial charge < -0.3 is 0 Å². The molecular weight excluding hydrogens is 318 g/mol. The smallest absolute Gasteiger partial charge is 0.258 e. The van der Waals surface area contributed by atoms with E-state index in [2.05, 4.69) is 15.9 Å². The van der Waals surface area contributed by atoms with Gasteiger partial charge in [0, 0.05) is 17.0 Å². The fourth-order valence-corrected chi connectivity index (χ4v) is 3.90. The summed E-state index contributed by atoms with van der Waals surface area (Å²) in [6.45, 7) is 0. The molecule has 110 valence electrons. The second kappa shape index (κ2) is 7.77. The molecule has 1 saturated carbocycles. The molecule has 1 aromatic rings. The molecule has 1 aliphatic carbocycles. The molecule has 1 fully saturated rings. The summed E-state index contributed by atoms with van der Waals surface area (Å²) in [4.78, 5) is 10.8. The molecule has 2 rings (SSSR count). The standard InChI is InChI=1S/C16H22BrNO2/c17-16(14-6-4-2-1-3-5-7-14)12-13-8-10-15(11-9-13)18(19)20/h8-11,14,16H,1-7,12H2. The van der Waals surface area contributed by atoms with Crippen molar-refractivity contribution in [3.05, 3.63) is 39.9 Å². The number of benzene rings is 1. The van der Waals surface area contributed by atoms with E-state index >= 15 is 0 Å². The third-order valence-electron chi connectivity index (χ3n) is 4.24. The first-order chi connectivity index (χ1) is 9.66. The Morgan fingerprint density at radius 3 is 2.20 bits per heavy atom. The van der Waals surface area contributed by atoms with Crippen molar-refractivity contribution in [2.45, 2.75) is 56.2 Å². The van der Waals surface area contributed by atoms with Crippen molar-refractivity contribution < 1.29 is 4.92 Å². The predicted molar refractivity (Wildman–Crippen MR) is 85.3 cm³/mol. The number of rotatable bonds is 4. The Labute approximate surface area is 129 Å². The molecule has 0 amide bonds. The van der Waals surface area contributed by atoms with Gasteiger partial charge in [-0.25, -0.2) is 0 Å². The molecular formula is C16H22BrNO2.